The van der Waals surface area contributed by atoms with Crippen molar-refractivity contribution < 1.29 is 4.42 Å². The zero-order valence-corrected chi connectivity index (χ0v) is 23.0. The van der Waals surface area contributed by atoms with Gasteiger partial charge in [0.05, 0.1) is 0 Å². The van der Waals surface area contributed by atoms with Gasteiger partial charge in [-0.2, -0.15) is 0 Å². The summed E-state index contributed by atoms with van der Waals surface area (Å²) >= 11 is 0. The van der Waals surface area contributed by atoms with Crippen molar-refractivity contribution in [3.8, 4) is 34.2 Å². The molecule has 0 bridgehead atoms. The third-order valence-electron chi connectivity index (χ3n) is 8.27. The fraction of sp³-hybridized carbons (Fsp3) is 0. The van der Waals surface area contributed by atoms with Gasteiger partial charge in [0.15, 0.2) is 17.5 Å². The van der Waals surface area contributed by atoms with Crippen molar-refractivity contribution in [1.29, 1.82) is 0 Å². The van der Waals surface area contributed by atoms with E-state index in [9.17, 15) is 0 Å². The number of rotatable bonds is 3. The highest BCUT2D eigenvalue weighted by Crippen LogP contribution is 2.39. The lowest BCUT2D eigenvalue weighted by Crippen LogP contribution is -2.00. The highest BCUT2D eigenvalue weighted by Gasteiger charge is 2.16. The van der Waals surface area contributed by atoms with Crippen molar-refractivity contribution in [3.05, 3.63) is 140 Å². The first kappa shape index (κ1) is 23.8. The third kappa shape index (κ3) is 3.88. The minimum Gasteiger partial charge on any atom is -0.456 e. The summed E-state index contributed by atoms with van der Waals surface area (Å²) in [5.41, 5.74) is 4.62. The Kier molecular flexibility index (Phi) is 5.16. The topological polar surface area (TPSA) is 51.8 Å². The van der Waals surface area contributed by atoms with Gasteiger partial charge in [-0.1, -0.05) is 115 Å². The molecule has 200 valence electrons. The van der Waals surface area contributed by atoms with Gasteiger partial charge in [-0.05, 0) is 51.2 Å². The molecule has 9 aromatic rings. The van der Waals surface area contributed by atoms with Gasteiger partial charge < -0.3 is 4.42 Å². The number of hydrogen-bond donors (Lipinski definition) is 0. The lowest BCUT2D eigenvalue weighted by Gasteiger charge is -2.11. The summed E-state index contributed by atoms with van der Waals surface area (Å²) in [6.45, 7) is 0. The van der Waals surface area contributed by atoms with Crippen LogP contribution in [0.1, 0.15) is 0 Å². The van der Waals surface area contributed by atoms with E-state index in [0.717, 1.165) is 54.8 Å². The van der Waals surface area contributed by atoms with Crippen LogP contribution in [0.4, 0.5) is 0 Å². The standard InChI is InChI=1S/C39H23N3O/c1-2-9-27(10-3-1)37-40-38(29-18-14-24-8-4-5-11-28(24)22-29)42-39(41-37)30-19-16-25-15-17-26-20-21-34-36(35(26)32(25)23-30)31-12-6-7-13-33(31)43-34/h1-23H. The maximum absolute atomic E-state index is 6.25. The SMILES string of the molecule is c1ccc(-c2nc(-c3ccc4ccccc4c3)nc(-c3ccc4ccc5ccc6oc7ccccc7c6c5c4c3)n2)cc1. The molecule has 0 amide bonds. The Morgan fingerprint density at radius 1 is 0.349 bits per heavy atom. The molecule has 0 saturated carbocycles. The lowest BCUT2D eigenvalue weighted by molar-refractivity contribution is 0.669. The Bertz CT molecular complexity index is 2510. The fourth-order valence-corrected chi connectivity index (χ4v) is 6.18. The number of hydrogen-bond acceptors (Lipinski definition) is 4. The van der Waals surface area contributed by atoms with Gasteiger partial charge in [0, 0.05) is 32.8 Å². The molecule has 0 aliphatic rings. The molecule has 0 N–H and O–H groups in total. The molecule has 0 fully saturated rings. The zero-order valence-electron chi connectivity index (χ0n) is 23.0. The minimum atomic E-state index is 0.639. The van der Waals surface area contributed by atoms with Crippen LogP contribution in [-0.2, 0) is 0 Å². The zero-order chi connectivity index (χ0) is 28.3. The van der Waals surface area contributed by atoms with Crippen molar-refractivity contribution in [3.63, 3.8) is 0 Å². The molecule has 2 heterocycles. The van der Waals surface area contributed by atoms with Crippen LogP contribution in [-0.4, -0.2) is 15.0 Å². The van der Waals surface area contributed by atoms with Crippen molar-refractivity contribution in [2.45, 2.75) is 0 Å². The largest absolute Gasteiger partial charge is 0.456 e. The third-order valence-corrected chi connectivity index (χ3v) is 8.27. The van der Waals surface area contributed by atoms with E-state index in [1.165, 1.54) is 16.2 Å². The summed E-state index contributed by atoms with van der Waals surface area (Å²) in [7, 11) is 0. The Morgan fingerprint density at radius 3 is 1.79 bits per heavy atom. The Labute approximate surface area is 246 Å². The number of fused-ring (bicyclic) bond motifs is 8. The van der Waals surface area contributed by atoms with Crippen molar-refractivity contribution >= 4 is 54.3 Å². The van der Waals surface area contributed by atoms with E-state index in [2.05, 4.69) is 97.1 Å². The first-order chi connectivity index (χ1) is 21.3. The normalized spacial score (nSPS) is 11.7. The van der Waals surface area contributed by atoms with Crippen molar-refractivity contribution in [2.24, 2.45) is 0 Å². The van der Waals surface area contributed by atoms with Crippen LogP contribution in [0.5, 0.6) is 0 Å². The average Bonchev–Trinajstić information content (AvgIpc) is 3.47. The quantitative estimate of drug-likeness (QED) is 0.206. The highest BCUT2D eigenvalue weighted by atomic mass is 16.3. The lowest BCUT2D eigenvalue weighted by atomic mass is 9.96. The fourth-order valence-electron chi connectivity index (χ4n) is 6.18. The number of aromatic nitrogens is 3. The number of para-hydroxylation sites is 1. The molecular formula is C39H23N3O. The molecule has 0 spiro atoms. The van der Waals surface area contributed by atoms with Crippen LogP contribution >= 0.6 is 0 Å². The molecule has 7 aromatic carbocycles. The van der Waals surface area contributed by atoms with E-state index in [-0.39, 0.29) is 0 Å². The summed E-state index contributed by atoms with van der Waals surface area (Å²) in [4.78, 5) is 15.0. The Morgan fingerprint density at radius 2 is 0.953 bits per heavy atom. The van der Waals surface area contributed by atoms with Gasteiger partial charge in [0.2, 0.25) is 0 Å². The summed E-state index contributed by atoms with van der Waals surface area (Å²) in [6, 6.07) is 48.1. The smallest absolute Gasteiger partial charge is 0.164 e. The molecule has 0 unspecified atom stereocenters. The molecule has 0 radical (unpaired) electrons. The predicted molar refractivity (Wildman–Crippen MR) is 176 cm³/mol. The maximum atomic E-state index is 6.25. The average molecular weight is 550 g/mol. The van der Waals surface area contributed by atoms with E-state index < -0.39 is 0 Å². The number of furan rings is 1. The van der Waals surface area contributed by atoms with Crippen molar-refractivity contribution in [2.75, 3.05) is 0 Å². The summed E-state index contributed by atoms with van der Waals surface area (Å²) < 4.78 is 6.25. The molecule has 0 saturated heterocycles. The van der Waals surface area contributed by atoms with Crippen molar-refractivity contribution in [1.82, 2.24) is 15.0 Å². The number of nitrogens with zero attached hydrogens (tertiary/aromatic N) is 3. The Balaban J connectivity index is 1.31. The minimum absolute atomic E-state index is 0.639. The Hall–Kier alpha value is -5.87. The molecule has 0 aliphatic heterocycles. The molecule has 43 heavy (non-hydrogen) atoms. The van der Waals surface area contributed by atoms with E-state index in [4.69, 9.17) is 19.4 Å². The van der Waals surface area contributed by atoms with Crippen LogP contribution in [0.25, 0.3) is 88.4 Å². The first-order valence-corrected chi connectivity index (χ1v) is 14.4. The molecule has 9 rings (SSSR count). The second kappa shape index (κ2) is 9.33. The van der Waals surface area contributed by atoms with Gasteiger partial charge in [0.25, 0.3) is 0 Å². The van der Waals surface area contributed by atoms with E-state index in [1.54, 1.807) is 0 Å². The van der Waals surface area contributed by atoms with E-state index in [1.807, 2.05) is 42.5 Å². The molecule has 0 aliphatic carbocycles. The van der Waals surface area contributed by atoms with Gasteiger partial charge >= 0.3 is 0 Å². The summed E-state index contributed by atoms with van der Waals surface area (Å²) in [6.07, 6.45) is 0. The van der Waals surface area contributed by atoms with E-state index in [0.29, 0.717) is 17.5 Å². The van der Waals surface area contributed by atoms with Gasteiger partial charge in [-0.3, -0.25) is 0 Å². The summed E-state index contributed by atoms with van der Waals surface area (Å²) in [5.74, 6) is 1.94. The van der Waals surface area contributed by atoms with E-state index >= 15 is 0 Å². The van der Waals surface area contributed by atoms with Crippen LogP contribution in [0.15, 0.2) is 144 Å². The monoisotopic (exact) mass is 549 g/mol. The maximum Gasteiger partial charge on any atom is 0.164 e. The predicted octanol–water partition coefficient (Wildman–Crippen LogP) is 10.2. The van der Waals surface area contributed by atoms with Gasteiger partial charge in [0.1, 0.15) is 11.2 Å². The molecule has 4 heteroatoms. The van der Waals surface area contributed by atoms with Gasteiger partial charge in [-0.15, -0.1) is 0 Å². The highest BCUT2D eigenvalue weighted by molar-refractivity contribution is 6.26. The second-order valence-corrected chi connectivity index (χ2v) is 10.9. The van der Waals surface area contributed by atoms with Gasteiger partial charge in [-0.25, -0.2) is 15.0 Å². The molecule has 4 nitrogen and oxygen atoms in total. The molecule has 0 atom stereocenters. The van der Waals surface area contributed by atoms with Crippen LogP contribution in [0.3, 0.4) is 0 Å². The second-order valence-electron chi connectivity index (χ2n) is 10.9. The van der Waals surface area contributed by atoms with Crippen LogP contribution in [0, 0.1) is 0 Å². The van der Waals surface area contributed by atoms with Crippen LogP contribution < -0.4 is 0 Å². The number of benzene rings is 7. The molecule has 2 aromatic heterocycles. The molecular weight excluding hydrogens is 526 g/mol. The van der Waals surface area contributed by atoms with Crippen LogP contribution in [0.2, 0.25) is 0 Å². The summed E-state index contributed by atoms with van der Waals surface area (Å²) in [5, 5.41) is 9.22. The first-order valence-electron chi connectivity index (χ1n) is 14.4.